The fourth-order valence-corrected chi connectivity index (χ4v) is 7.25. The molecule has 208 valence electrons. The summed E-state index contributed by atoms with van der Waals surface area (Å²) in [7, 11) is 0. The molecule has 3 heteroatoms. The van der Waals surface area contributed by atoms with Crippen molar-refractivity contribution in [3.8, 4) is 56.0 Å². The average molecular weight is 573 g/mol. The van der Waals surface area contributed by atoms with Gasteiger partial charge in [0.2, 0.25) is 0 Å². The Balaban J connectivity index is 1.27. The Morgan fingerprint density at radius 2 is 1.02 bits per heavy atom. The number of hydrogen-bond donors (Lipinski definition) is 0. The molecule has 7 aromatic carbocycles. The highest BCUT2D eigenvalue weighted by molar-refractivity contribution is 6.26. The molecule has 0 amide bonds. The predicted molar refractivity (Wildman–Crippen MR) is 185 cm³/mol. The van der Waals surface area contributed by atoms with Gasteiger partial charge in [-0.15, -0.1) is 0 Å². The molecule has 0 atom stereocenters. The summed E-state index contributed by atoms with van der Waals surface area (Å²) in [6.45, 7) is 0. The van der Waals surface area contributed by atoms with Crippen molar-refractivity contribution >= 4 is 43.6 Å². The first-order valence-corrected chi connectivity index (χ1v) is 15.3. The molecule has 0 saturated heterocycles. The first kappa shape index (κ1) is 24.4. The molecular weight excluding hydrogens is 548 g/mol. The van der Waals surface area contributed by atoms with Crippen LogP contribution in [0.4, 0.5) is 0 Å². The highest BCUT2D eigenvalue weighted by Crippen LogP contribution is 2.50. The molecule has 3 nitrogen and oxygen atoms in total. The summed E-state index contributed by atoms with van der Waals surface area (Å²) >= 11 is 0. The minimum Gasteiger partial charge on any atom is -0.456 e. The van der Waals surface area contributed by atoms with Gasteiger partial charge >= 0.3 is 0 Å². The molecule has 0 saturated carbocycles. The number of fused-ring (bicyclic) bond motifs is 10. The highest BCUT2D eigenvalue weighted by atomic mass is 16.3. The Morgan fingerprint density at radius 1 is 0.378 bits per heavy atom. The SMILES string of the molecule is c1ccc(-c2nc(-c3ccc4oc5cc6c7c(cccc7c5c4c3)-c3ccccc3-c3ccccc3-6)nc3ccccc23)cc1. The molecule has 0 unspecified atom stereocenters. The molecule has 0 fully saturated rings. The van der Waals surface area contributed by atoms with Gasteiger partial charge in [-0.3, -0.25) is 0 Å². The first-order valence-electron chi connectivity index (χ1n) is 15.3. The Labute approximate surface area is 259 Å². The number of hydrogen-bond acceptors (Lipinski definition) is 3. The molecule has 1 aliphatic carbocycles. The molecule has 10 rings (SSSR count). The van der Waals surface area contributed by atoms with Crippen LogP contribution in [0, 0.1) is 0 Å². The molecule has 45 heavy (non-hydrogen) atoms. The van der Waals surface area contributed by atoms with Crippen molar-refractivity contribution in [2.24, 2.45) is 0 Å². The third-order valence-corrected chi connectivity index (χ3v) is 9.23. The lowest BCUT2D eigenvalue weighted by Crippen LogP contribution is -1.95. The second kappa shape index (κ2) is 9.22. The maximum absolute atomic E-state index is 6.61. The van der Waals surface area contributed by atoms with E-state index >= 15 is 0 Å². The lowest BCUT2D eigenvalue weighted by atomic mass is 9.91. The van der Waals surface area contributed by atoms with Gasteiger partial charge in [-0.2, -0.15) is 0 Å². The Morgan fingerprint density at radius 3 is 1.82 bits per heavy atom. The minimum atomic E-state index is 0.700. The number of aromatic nitrogens is 2. The van der Waals surface area contributed by atoms with Gasteiger partial charge in [0.25, 0.3) is 0 Å². The van der Waals surface area contributed by atoms with Crippen molar-refractivity contribution in [2.75, 3.05) is 0 Å². The molecular formula is C42H24N2O. The van der Waals surface area contributed by atoms with Gasteiger partial charge in [0.15, 0.2) is 5.82 Å². The molecule has 9 aromatic rings. The zero-order valence-electron chi connectivity index (χ0n) is 24.2. The Hall–Kier alpha value is -6.06. The summed E-state index contributed by atoms with van der Waals surface area (Å²) in [5, 5.41) is 5.67. The normalized spacial score (nSPS) is 12.0. The van der Waals surface area contributed by atoms with Gasteiger partial charge in [-0.05, 0) is 74.5 Å². The van der Waals surface area contributed by atoms with E-state index in [2.05, 4.69) is 127 Å². The van der Waals surface area contributed by atoms with Crippen LogP contribution in [-0.4, -0.2) is 9.97 Å². The zero-order valence-corrected chi connectivity index (χ0v) is 24.2. The van der Waals surface area contributed by atoms with Gasteiger partial charge < -0.3 is 4.42 Å². The summed E-state index contributed by atoms with van der Waals surface area (Å²) in [6.07, 6.45) is 0. The third-order valence-electron chi connectivity index (χ3n) is 9.23. The topological polar surface area (TPSA) is 38.9 Å². The van der Waals surface area contributed by atoms with Gasteiger partial charge in [0.05, 0.1) is 11.2 Å². The van der Waals surface area contributed by atoms with Crippen LogP contribution in [0.3, 0.4) is 0 Å². The van der Waals surface area contributed by atoms with Crippen LogP contribution in [0.5, 0.6) is 0 Å². The summed E-state index contributed by atoms with van der Waals surface area (Å²) < 4.78 is 6.61. The Bertz CT molecular complexity index is 2650. The van der Waals surface area contributed by atoms with Crippen LogP contribution in [0.2, 0.25) is 0 Å². The minimum absolute atomic E-state index is 0.700. The van der Waals surface area contributed by atoms with Crippen molar-refractivity contribution in [3.05, 3.63) is 146 Å². The molecule has 0 spiro atoms. The first-order chi connectivity index (χ1) is 22.3. The Kier molecular flexibility index (Phi) is 5.00. The van der Waals surface area contributed by atoms with Crippen LogP contribution >= 0.6 is 0 Å². The van der Waals surface area contributed by atoms with E-state index in [4.69, 9.17) is 14.4 Å². The standard InChI is InChI=1S/C42H24N2O/c1-2-11-25(12-3-1)41-32-17-8-9-20-36(32)43-42(44-41)26-21-22-37-35(23-26)40-33-19-10-18-31-29-15-6-4-13-27(29)28-14-5-7-16-30(28)34(39(31)33)24-38(40)45-37/h1-24H. The monoisotopic (exact) mass is 572 g/mol. The molecule has 0 N–H and O–H groups in total. The summed E-state index contributed by atoms with van der Waals surface area (Å²) in [5.74, 6) is 0.700. The predicted octanol–water partition coefficient (Wildman–Crippen LogP) is 11.3. The molecule has 0 radical (unpaired) electrons. The van der Waals surface area contributed by atoms with Gasteiger partial charge in [0, 0.05) is 27.3 Å². The van der Waals surface area contributed by atoms with Crippen molar-refractivity contribution in [1.82, 2.24) is 9.97 Å². The van der Waals surface area contributed by atoms with Crippen molar-refractivity contribution in [1.29, 1.82) is 0 Å². The van der Waals surface area contributed by atoms with E-state index in [1.54, 1.807) is 0 Å². The maximum atomic E-state index is 6.61. The number of furan rings is 1. The quantitative estimate of drug-likeness (QED) is 0.207. The summed E-state index contributed by atoms with van der Waals surface area (Å²) in [5.41, 5.74) is 13.0. The van der Waals surface area contributed by atoms with Gasteiger partial charge in [0.1, 0.15) is 11.2 Å². The lowest BCUT2D eigenvalue weighted by Gasteiger charge is -2.11. The van der Waals surface area contributed by atoms with E-state index in [-0.39, 0.29) is 0 Å². The van der Waals surface area contributed by atoms with E-state index < -0.39 is 0 Å². The van der Waals surface area contributed by atoms with Crippen LogP contribution in [0.1, 0.15) is 0 Å². The van der Waals surface area contributed by atoms with E-state index in [1.165, 1.54) is 44.2 Å². The second-order valence-corrected chi connectivity index (χ2v) is 11.7. The zero-order chi connectivity index (χ0) is 29.5. The average Bonchev–Trinajstić information content (AvgIpc) is 3.43. The van der Waals surface area contributed by atoms with Gasteiger partial charge in [-0.25, -0.2) is 9.97 Å². The van der Waals surface area contributed by atoms with Crippen LogP contribution in [0.15, 0.2) is 150 Å². The third kappa shape index (κ3) is 3.52. The highest BCUT2D eigenvalue weighted by Gasteiger charge is 2.24. The smallest absolute Gasteiger partial charge is 0.160 e. The lowest BCUT2D eigenvalue weighted by molar-refractivity contribution is 0.669. The van der Waals surface area contributed by atoms with E-state index in [0.29, 0.717) is 5.82 Å². The number of nitrogens with zero attached hydrogens (tertiary/aromatic N) is 2. The van der Waals surface area contributed by atoms with Crippen LogP contribution in [-0.2, 0) is 0 Å². The van der Waals surface area contributed by atoms with Gasteiger partial charge in [-0.1, -0.05) is 115 Å². The van der Waals surface area contributed by atoms with Crippen molar-refractivity contribution < 1.29 is 4.42 Å². The fourth-order valence-electron chi connectivity index (χ4n) is 7.25. The largest absolute Gasteiger partial charge is 0.456 e. The second-order valence-electron chi connectivity index (χ2n) is 11.7. The molecule has 1 aliphatic rings. The van der Waals surface area contributed by atoms with Crippen LogP contribution < -0.4 is 0 Å². The molecule has 2 heterocycles. The number of para-hydroxylation sites is 1. The molecule has 2 aromatic heterocycles. The molecule has 0 bridgehead atoms. The van der Waals surface area contributed by atoms with E-state index in [1.807, 2.05) is 18.2 Å². The van der Waals surface area contributed by atoms with E-state index in [9.17, 15) is 0 Å². The van der Waals surface area contributed by atoms with Crippen molar-refractivity contribution in [2.45, 2.75) is 0 Å². The van der Waals surface area contributed by atoms with Crippen LogP contribution in [0.25, 0.3) is 99.6 Å². The molecule has 0 aliphatic heterocycles. The number of benzene rings is 7. The van der Waals surface area contributed by atoms with Crippen molar-refractivity contribution in [3.63, 3.8) is 0 Å². The van der Waals surface area contributed by atoms with E-state index in [0.717, 1.165) is 49.7 Å². The summed E-state index contributed by atoms with van der Waals surface area (Å²) in [6, 6.07) is 51.3. The maximum Gasteiger partial charge on any atom is 0.160 e. The summed E-state index contributed by atoms with van der Waals surface area (Å²) in [4.78, 5) is 10.2. The number of rotatable bonds is 2. The fraction of sp³-hybridized carbons (Fsp3) is 0.